The summed E-state index contributed by atoms with van der Waals surface area (Å²) in [5.41, 5.74) is 0.912. The molecule has 0 aliphatic carbocycles. The topological polar surface area (TPSA) is 66.4 Å². The molecule has 0 spiro atoms. The van der Waals surface area contributed by atoms with Gasteiger partial charge in [-0.3, -0.25) is 0 Å². The lowest BCUT2D eigenvalue weighted by atomic mass is 10.1. The third kappa shape index (κ3) is 5.48. The van der Waals surface area contributed by atoms with Gasteiger partial charge in [-0.05, 0) is 37.5 Å². The maximum Gasteiger partial charge on any atom is 0.212 e. The van der Waals surface area contributed by atoms with Crippen LogP contribution in [0.15, 0.2) is 28.7 Å². The van der Waals surface area contributed by atoms with Crippen LogP contribution in [0.4, 0.5) is 0 Å². The Hall–Kier alpha value is -0.430. The highest BCUT2D eigenvalue weighted by Gasteiger charge is 2.15. The summed E-state index contributed by atoms with van der Waals surface area (Å²) >= 11 is 3.36. The van der Waals surface area contributed by atoms with Crippen LogP contribution in [0.5, 0.6) is 0 Å². The van der Waals surface area contributed by atoms with Crippen molar-refractivity contribution in [2.24, 2.45) is 0 Å². The lowest BCUT2D eigenvalue weighted by Crippen LogP contribution is -2.29. The molecular weight excluding hydrogens is 318 g/mol. The van der Waals surface area contributed by atoms with Gasteiger partial charge in [0, 0.05) is 17.1 Å². The van der Waals surface area contributed by atoms with E-state index in [4.69, 9.17) is 5.11 Å². The number of nitrogens with one attached hydrogen (secondary N) is 1. The van der Waals surface area contributed by atoms with E-state index in [1.165, 1.54) is 0 Å². The van der Waals surface area contributed by atoms with Gasteiger partial charge >= 0.3 is 0 Å². The molecule has 1 rings (SSSR count). The Morgan fingerprint density at radius 3 is 2.72 bits per heavy atom. The number of aliphatic hydroxyl groups is 1. The van der Waals surface area contributed by atoms with E-state index in [2.05, 4.69) is 20.7 Å². The summed E-state index contributed by atoms with van der Waals surface area (Å²) in [6, 6.07) is 7.27. The fourth-order valence-corrected chi connectivity index (χ4v) is 3.37. The molecular formula is C12H18BrNO3S. The number of hydrogen-bond acceptors (Lipinski definition) is 3. The molecule has 0 heterocycles. The van der Waals surface area contributed by atoms with Crippen molar-refractivity contribution >= 4 is 26.0 Å². The average molecular weight is 336 g/mol. The predicted molar refractivity (Wildman–Crippen MR) is 75.8 cm³/mol. The molecule has 0 bridgehead atoms. The zero-order valence-corrected chi connectivity index (χ0v) is 12.7. The van der Waals surface area contributed by atoms with E-state index < -0.39 is 10.0 Å². The molecule has 0 saturated carbocycles. The van der Waals surface area contributed by atoms with Crippen LogP contribution in [-0.4, -0.2) is 25.9 Å². The quantitative estimate of drug-likeness (QED) is 0.750. The number of sulfonamides is 1. The van der Waals surface area contributed by atoms with Crippen molar-refractivity contribution in [3.8, 4) is 0 Å². The van der Waals surface area contributed by atoms with Crippen LogP contribution < -0.4 is 4.72 Å². The van der Waals surface area contributed by atoms with E-state index in [1.54, 1.807) is 0 Å². The second-order valence-corrected chi connectivity index (χ2v) is 6.93. The molecule has 0 aliphatic rings. The van der Waals surface area contributed by atoms with Crippen LogP contribution in [0.1, 0.15) is 31.4 Å². The van der Waals surface area contributed by atoms with Gasteiger partial charge in [-0.1, -0.05) is 28.1 Å². The molecule has 0 saturated heterocycles. The number of rotatable bonds is 7. The van der Waals surface area contributed by atoms with Crippen molar-refractivity contribution in [3.05, 3.63) is 34.3 Å². The third-order valence-electron chi connectivity index (χ3n) is 2.53. The van der Waals surface area contributed by atoms with Gasteiger partial charge in [-0.15, -0.1) is 0 Å². The lowest BCUT2D eigenvalue weighted by molar-refractivity contribution is 0.287. The zero-order chi connectivity index (χ0) is 13.6. The summed E-state index contributed by atoms with van der Waals surface area (Å²) in [5, 5.41) is 8.63. The monoisotopic (exact) mass is 335 g/mol. The van der Waals surface area contributed by atoms with Crippen LogP contribution in [-0.2, 0) is 10.0 Å². The zero-order valence-electron chi connectivity index (χ0n) is 10.3. The molecule has 0 radical (unpaired) electrons. The van der Waals surface area contributed by atoms with Gasteiger partial charge < -0.3 is 5.11 Å². The molecule has 18 heavy (non-hydrogen) atoms. The minimum atomic E-state index is -3.29. The Kier molecular flexibility index (Phi) is 6.28. The molecule has 2 N–H and O–H groups in total. The highest BCUT2D eigenvalue weighted by atomic mass is 79.9. The number of unbranched alkanes of at least 4 members (excludes halogenated alkanes) is 1. The fourth-order valence-electron chi connectivity index (χ4n) is 1.58. The second kappa shape index (κ2) is 7.23. The van der Waals surface area contributed by atoms with E-state index >= 15 is 0 Å². The van der Waals surface area contributed by atoms with Gasteiger partial charge in [0.2, 0.25) is 10.0 Å². The molecule has 0 aliphatic heterocycles. The minimum absolute atomic E-state index is 0.0245. The van der Waals surface area contributed by atoms with Gasteiger partial charge in [0.15, 0.2) is 0 Å². The summed E-state index contributed by atoms with van der Waals surface area (Å²) in [5.74, 6) is 0.0475. The Balaban J connectivity index is 2.61. The fraction of sp³-hybridized carbons (Fsp3) is 0.500. The minimum Gasteiger partial charge on any atom is -0.396 e. The summed E-state index contributed by atoms with van der Waals surface area (Å²) in [6.07, 6.45) is 0.975. The lowest BCUT2D eigenvalue weighted by Gasteiger charge is -2.14. The third-order valence-corrected chi connectivity index (χ3v) is 4.56. The van der Waals surface area contributed by atoms with E-state index in [0.29, 0.717) is 12.8 Å². The number of aliphatic hydroxyl groups excluding tert-OH is 1. The maximum atomic E-state index is 11.8. The number of halogens is 1. The van der Waals surface area contributed by atoms with E-state index in [-0.39, 0.29) is 18.4 Å². The Labute approximate surface area is 117 Å². The van der Waals surface area contributed by atoms with Crippen molar-refractivity contribution in [2.45, 2.75) is 25.8 Å². The van der Waals surface area contributed by atoms with E-state index in [1.807, 2.05) is 31.2 Å². The number of hydrogen-bond donors (Lipinski definition) is 2. The first kappa shape index (κ1) is 15.6. The van der Waals surface area contributed by atoms with Crippen molar-refractivity contribution in [1.82, 2.24) is 4.72 Å². The van der Waals surface area contributed by atoms with Crippen molar-refractivity contribution < 1.29 is 13.5 Å². The molecule has 0 aromatic heterocycles. The summed E-state index contributed by atoms with van der Waals surface area (Å²) in [6.45, 7) is 1.84. The first-order valence-electron chi connectivity index (χ1n) is 5.81. The predicted octanol–water partition coefficient (Wildman–Crippen LogP) is 2.20. The summed E-state index contributed by atoms with van der Waals surface area (Å²) < 4.78 is 27.1. The van der Waals surface area contributed by atoms with Gasteiger partial charge in [0.25, 0.3) is 0 Å². The molecule has 0 amide bonds. The molecule has 102 valence electrons. The normalized spacial score (nSPS) is 13.5. The van der Waals surface area contributed by atoms with Gasteiger partial charge in [0.05, 0.1) is 5.75 Å². The van der Waals surface area contributed by atoms with Crippen molar-refractivity contribution in [3.63, 3.8) is 0 Å². The van der Waals surface area contributed by atoms with Crippen molar-refractivity contribution in [2.75, 3.05) is 12.4 Å². The molecule has 1 atom stereocenters. The van der Waals surface area contributed by atoms with Crippen LogP contribution in [0.3, 0.4) is 0 Å². The molecule has 1 aromatic rings. The van der Waals surface area contributed by atoms with Crippen LogP contribution >= 0.6 is 15.9 Å². The van der Waals surface area contributed by atoms with Gasteiger partial charge in [-0.2, -0.15) is 0 Å². The van der Waals surface area contributed by atoms with Crippen LogP contribution in [0.25, 0.3) is 0 Å². The second-order valence-electron chi connectivity index (χ2n) is 4.14. The molecule has 6 heteroatoms. The smallest absolute Gasteiger partial charge is 0.212 e. The molecule has 1 unspecified atom stereocenters. The van der Waals surface area contributed by atoms with E-state index in [9.17, 15) is 8.42 Å². The maximum absolute atomic E-state index is 11.8. The number of benzene rings is 1. The van der Waals surface area contributed by atoms with E-state index in [0.717, 1.165) is 10.0 Å². The average Bonchev–Trinajstić information content (AvgIpc) is 2.28. The van der Waals surface area contributed by atoms with Crippen molar-refractivity contribution in [1.29, 1.82) is 0 Å². The Morgan fingerprint density at radius 2 is 2.11 bits per heavy atom. The van der Waals surface area contributed by atoms with Crippen LogP contribution in [0.2, 0.25) is 0 Å². The standard InChI is InChI=1S/C12H18BrNO3S/c1-10(11-5-4-6-12(13)9-11)14-18(16,17)8-3-2-7-15/h4-6,9-10,14-15H,2-3,7-8H2,1H3. The SMILES string of the molecule is CC(NS(=O)(=O)CCCCO)c1cccc(Br)c1. The Bertz CT molecular complexity index is 476. The van der Waals surface area contributed by atoms with Gasteiger partial charge in [0.1, 0.15) is 0 Å². The van der Waals surface area contributed by atoms with Crippen LogP contribution in [0, 0.1) is 0 Å². The highest BCUT2D eigenvalue weighted by molar-refractivity contribution is 9.10. The molecule has 0 fully saturated rings. The summed E-state index contributed by atoms with van der Waals surface area (Å²) in [4.78, 5) is 0. The van der Waals surface area contributed by atoms with Gasteiger partial charge in [-0.25, -0.2) is 13.1 Å². The molecule has 4 nitrogen and oxygen atoms in total. The largest absolute Gasteiger partial charge is 0.396 e. The first-order valence-corrected chi connectivity index (χ1v) is 8.25. The highest BCUT2D eigenvalue weighted by Crippen LogP contribution is 2.18. The first-order chi connectivity index (χ1) is 8.44. The summed E-state index contributed by atoms with van der Waals surface area (Å²) in [7, 11) is -3.29. The molecule has 1 aromatic carbocycles. The Morgan fingerprint density at radius 1 is 1.39 bits per heavy atom.